The second-order valence-corrected chi connectivity index (χ2v) is 4.01. The summed E-state index contributed by atoms with van der Waals surface area (Å²) < 4.78 is 4.81. The summed E-state index contributed by atoms with van der Waals surface area (Å²) >= 11 is 0. The molecule has 0 aromatic rings. The summed E-state index contributed by atoms with van der Waals surface area (Å²) in [5.74, 6) is -1.17. The van der Waals surface area contributed by atoms with Crippen molar-refractivity contribution < 1.29 is 24.3 Å². The number of ether oxygens (including phenoxy) is 1. The maximum atomic E-state index is 11.2. The van der Waals surface area contributed by atoms with Gasteiger partial charge in [0.25, 0.3) is 0 Å². The van der Waals surface area contributed by atoms with E-state index in [-0.39, 0.29) is 24.5 Å². The van der Waals surface area contributed by atoms with Gasteiger partial charge in [-0.3, -0.25) is 9.59 Å². The summed E-state index contributed by atoms with van der Waals surface area (Å²) in [6.07, 6.45) is 1.63. The minimum absolute atomic E-state index is 0.0613. The van der Waals surface area contributed by atoms with Crippen LogP contribution in [-0.2, 0) is 19.2 Å². The van der Waals surface area contributed by atoms with E-state index in [1.165, 1.54) is 0 Å². The van der Waals surface area contributed by atoms with E-state index in [9.17, 15) is 19.7 Å². The van der Waals surface area contributed by atoms with E-state index in [1.54, 1.807) is 0 Å². The van der Waals surface area contributed by atoms with Gasteiger partial charge in [0.15, 0.2) is 0 Å². The van der Waals surface area contributed by atoms with E-state index in [0.717, 1.165) is 0 Å². The van der Waals surface area contributed by atoms with Crippen LogP contribution < -0.4 is 5.32 Å². The van der Waals surface area contributed by atoms with Gasteiger partial charge in [0, 0.05) is 18.9 Å². The highest BCUT2D eigenvalue weighted by atomic mass is 17.0. The van der Waals surface area contributed by atoms with Gasteiger partial charge in [0.05, 0.1) is 6.61 Å². The molecule has 1 aliphatic heterocycles. The van der Waals surface area contributed by atoms with Crippen molar-refractivity contribution in [3.05, 3.63) is 10.1 Å². The van der Waals surface area contributed by atoms with Crippen LogP contribution >= 0.6 is 0 Å². The van der Waals surface area contributed by atoms with Gasteiger partial charge in [-0.15, -0.1) is 10.1 Å². The Kier molecular flexibility index (Phi) is 5.50. The third-order valence-corrected chi connectivity index (χ3v) is 2.74. The molecule has 1 aliphatic rings. The third-order valence-electron chi connectivity index (χ3n) is 2.74. The van der Waals surface area contributed by atoms with E-state index in [0.29, 0.717) is 25.9 Å². The number of nitrogens with one attached hydrogen (secondary N) is 1. The topological polar surface area (TPSA) is 108 Å². The SMILES string of the molecule is CCC(CCC(=O)O[N+](=O)[O-])NC1CCOC1=O. The Balaban J connectivity index is 2.31. The highest BCUT2D eigenvalue weighted by molar-refractivity contribution is 5.77. The molecule has 0 aromatic heterocycles. The number of hydrogen-bond acceptors (Lipinski definition) is 7. The van der Waals surface area contributed by atoms with E-state index in [1.807, 2.05) is 6.92 Å². The Labute approximate surface area is 104 Å². The molecule has 1 fully saturated rings. The van der Waals surface area contributed by atoms with Crippen LogP contribution in [0.1, 0.15) is 32.6 Å². The fraction of sp³-hybridized carbons (Fsp3) is 0.800. The molecule has 1 heterocycles. The van der Waals surface area contributed by atoms with Gasteiger partial charge in [-0.1, -0.05) is 6.92 Å². The molecule has 1 rings (SSSR count). The molecule has 0 amide bonds. The molecular formula is C10H16N2O6. The first-order valence-corrected chi connectivity index (χ1v) is 5.80. The Hall–Kier alpha value is -1.70. The van der Waals surface area contributed by atoms with Crippen molar-refractivity contribution in [1.29, 1.82) is 0 Å². The lowest BCUT2D eigenvalue weighted by molar-refractivity contribution is -0.729. The van der Waals surface area contributed by atoms with Crippen molar-refractivity contribution in [2.24, 2.45) is 0 Å². The molecule has 102 valence electrons. The smallest absolute Gasteiger partial charge is 0.323 e. The standard InChI is InChI=1S/C10H16N2O6/c1-2-7(3-4-9(13)18-12(15)16)11-8-5-6-17-10(8)14/h7-8,11H,2-6H2,1H3. The molecule has 0 saturated carbocycles. The number of hydrogen-bond donors (Lipinski definition) is 1. The van der Waals surface area contributed by atoms with Gasteiger partial charge in [-0.05, 0) is 12.8 Å². The first kappa shape index (κ1) is 14.4. The molecule has 2 atom stereocenters. The van der Waals surface area contributed by atoms with Crippen molar-refractivity contribution in [1.82, 2.24) is 5.32 Å². The van der Waals surface area contributed by atoms with Crippen LogP contribution in [0.3, 0.4) is 0 Å². The number of cyclic esters (lactones) is 1. The van der Waals surface area contributed by atoms with Crippen molar-refractivity contribution in [2.75, 3.05) is 6.61 Å². The minimum atomic E-state index is -1.12. The molecule has 8 heteroatoms. The Bertz CT molecular complexity index is 332. The van der Waals surface area contributed by atoms with Crippen molar-refractivity contribution in [2.45, 2.75) is 44.7 Å². The molecule has 8 nitrogen and oxygen atoms in total. The van der Waals surface area contributed by atoms with Crippen molar-refractivity contribution in [3.63, 3.8) is 0 Å². The number of nitrogens with zero attached hydrogens (tertiary/aromatic N) is 1. The van der Waals surface area contributed by atoms with Crippen LogP contribution in [0.5, 0.6) is 0 Å². The summed E-state index contributed by atoms with van der Waals surface area (Å²) in [5.41, 5.74) is 0. The molecular weight excluding hydrogens is 244 g/mol. The molecule has 0 aromatic carbocycles. The average Bonchev–Trinajstić information content (AvgIpc) is 2.69. The zero-order valence-electron chi connectivity index (χ0n) is 10.1. The lowest BCUT2D eigenvalue weighted by atomic mass is 10.1. The monoisotopic (exact) mass is 260 g/mol. The minimum Gasteiger partial charge on any atom is -0.464 e. The van der Waals surface area contributed by atoms with Crippen LogP contribution in [0.4, 0.5) is 0 Å². The molecule has 0 aliphatic carbocycles. The van der Waals surface area contributed by atoms with Crippen molar-refractivity contribution in [3.8, 4) is 0 Å². The first-order valence-electron chi connectivity index (χ1n) is 5.80. The third kappa shape index (κ3) is 4.66. The summed E-state index contributed by atoms with van der Waals surface area (Å²) in [5, 5.41) is 11.9. The number of rotatable bonds is 7. The van der Waals surface area contributed by atoms with Gasteiger partial charge >= 0.3 is 17.0 Å². The quantitative estimate of drug-likeness (QED) is 0.395. The van der Waals surface area contributed by atoms with Crippen LogP contribution in [0, 0.1) is 10.1 Å². The van der Waals surface area contributed by atoms with Crippen LogP contribution in [0.2, 0.25) is 0 Å². The Morgan fingerprint density at radius 2 is 2.44 bits per heavy atom. The van der Waals surface area contributed by atoms with E-state index in [4.69, 9.17) is 4.74 Å². The van der Waals surface area contributed by atoms with Crippen LogP contribution in [-0.4, -0.2) is 35.7 Å². The Morgan fingerprint density at radius 3 is 2.94 bits per heavy atom. The average molecular weight is 260 g/mol. The highest BCUT2D eigenvalue weighted by Crippen LogP contribution is 2.10. The number of carbonyl (C=O) groups is 2. The van der Waals surface area contributed by atoms with Gasteiger partial charge in [-0.2, -0.15) is 0 Å². The molecule has 0 bridgehead atoms. The maximum absolute atomic E-state index is 11.2. The summed E-state index contributed by atoms with van der Waals surface area (Å²) in [4.78, 5) is 36.0. The molecule has 0 spiro atoms. The maximum Gasteiger partial charge on any atom is 0.323 e. The fourth-order valence-corrected chi connectivity index (χ4v) is 1.76. The molecule has 0 radical (unpaired) electrons. The van der Waals surface area contributed by atoms with Crippen LogP contribution in [0.25, 0.3) is 0 Å². The van der Waals surface area contributed by atoms with E-state index < -0.39 is 11.1 Å². The van der Waals surface area contributed by atoms with Gasteiger partial charge in [0.1, 0.15) is 6.04 Å². The fourth-order valence-electron chi connectivity index (χ4n) is 1.76. The number of carbonyl (C=O) groups excluding carboxylic acids is 2. The normalized spacial score (nSPS) is 20.3. The summed E-state index contributed by atoms with van der Waals surface area (Å²) in [6, 6.07) is -0.415. The van der Waals surface area contributed by atoms with Crippen molar-refractivity contribution >= 4 is 11.9 Å². The predicted molar refractivity (Wildman–Crippen MR) is 58.9 cm³/mol. The molecule has 2 unspecified atom stereocenters. The highest BCUT2D eigenvalue weighted by Gasteiger charge is 2.28. The Morgan fingerprint density at radius 1 is 1.72 bits per heavy atom. The summed E-state index contributed by atoms with van der Waals surface area (Å²) in [6.45, 7) is 2.30. The lowest BCUT2D eigenvalue weighted by Gasteiger charge is -2.18. The van der Waals surface area contributed by atoms with E-state index in [2.05, 4.69) is 10.2 Å². The van der Waals surface area contributed by atoms with Gasteiger partial charge in [-0.25, -0.2) is 4.84 Å². The van der Waals surface area contributed by atoms with E-state index >= 15 is 0 Å². The lowest BCUT2D eigenvalue weighted by Crippen LogP contribution is -2.41. The van der Waals surface area contributed by atoms with Gasteiger partial charge in [0.2, 0.25) is 0 Å². The predicted octanol–water partition coefficient (Wildman–Crippen LogP) is 0.185. The summed E-state index contributed by atoms with van der Waals surface area (Å²) in [7, 11) is 0. The number of esters is 1. The van der Waals surface area contributed by atoms with Gasteiger partial charge < -0.3 is 10.1 Å². The molecule has 18 heavy (non-hydrogen) atoms. The largest absolute Gasteiger partial charge is 0.464 e. The molecule has 1 saturated heterocycles. The first-order chi connectivity index (χ1) is 8.52. The molecule has 1 N–H and O–H groups in total. The van der Waals surface area contributed by atoms with Crippen LogP contribution in [0.15, 0.2) is 0 Å². The zero-order valence-corrected chi connectivity index (χ0v) is 10.1. The second kappa shape index (κ2) is 6.90. The second-order valence-electron chi connectivity index (χ2n) is 4.01. The zero-order chi connectivity index (χ0) is 13.5.